The molecule has 0 amide bonds. The molecule has 2 rings (SSSR count). The van der Waals surface area contributed by atoms with Crippen LogP contribution in [0.25, 0.3) is 0 Å². The normalized spacial score (nSPS) is 16.8. The Morgan fingerprint density at radius 1 is 1.17 bits per heavy atom. The van der Waals surface area contributed by atoms with Crippen LogP contribution in [0.1, 0.15) is 5.56 Å². The number of hydrogen-bond acceptors (Lipinski definition) is 6. The average molecular weight is 268 g/mol. The number of rotatable bonds is 4. The van der Waals surface area contributed by atoms with E-state index < -0.39 is 0 Å². The zero-order valence-electron chi connectivity index (χ0n) is 10.8. The van der Waals surface area contributed by atoms with Crippen molar-refractivity contribution in [2.75, 3.05) is 32.9 Å². The van der Waals surface area contributed by atoms with Crippen LogP contribution >= 0.6 is 11.8 Å². The first-order valence-electron chi connectivity index (χ1n) is 5.40. The summed E-state index contributed by atoms with van der Waals surface area (Å²) in [6, 6.07) is 1.89. The van der Waals surface area contributed by atoms with E-state index in [9.17, 15) is 0 Å². The van der Waals surface area contributed by atoms with Crippen molar-refractivity contribution in [3.8, 4) is 17.2 Å². The molecule has 1 aliphatic rings. The van der Waals surface area contributed by atoms with Crippen molar-refractivity contribution >= 4 is 23.7 Å². The first kappa shape index (κ1) is 12.9. The molecule has 0 radical (unpaired) electrons. The number of hydrogen-bond donors (Lipinski definition) is 1. The Kier molecular flexibility index (Phi) is 3.86. The highest BCUT2D eigenvalue weighted by Gasteiger charge is 2.23. The van der Waals surface area contributed by atoms with Gasteiger partial charge in [0.2, 0.25) is 5.75 Å². The fourth-order valence-electron chi connectivity index (χ4n) is 1.86. The molecule has 0 bridgehead atoms. The largest absolute Gasteiger partial charge is 0.493 e. The molecule has 6 heteroatoms. The minimum absolute atomic E-state index is 0.0142. The van der Waals surface area contributed by atoms with Crippen LogP contribution in [0.3, 0.4) is 0 Å². The van der Waals surface area contributed by atoms with Crippen molar-refractivity contribution in [2.24, 2.45) is 4.99 Å². The van der Waals surface area contributed by atoms with E-state index in [4.69, 9.17) is 14.2 Å². The topological polar surface area (TPSA) is 52.1 Å². The predicted octanol–water partition coefficient (Wildman–Crippen LogP) is 2.20. The third-order valence-corrected chi connectivity index (χ3v) is 3.40. The number of anilines is 1. The summed E-state index contributed by atoms with van der Waals surface area (Å²) in [7, 11) is 4.80. The summed E-state index contributed by atoms with van der Waals surface area (Å²) in [5.41, 5.74) is 1.82. The Balaban J connectivity index is 2.57. The quantitative estimate of drug-likeness (QED) is 0.907. The summed E-state index contributed by atoms with van der Waals surface area (Å²) < 4.78 is 16.1. The molecule has 0 aromatic heterocycles. The van der Waals surface area contributed by atoms with Crippen LogP contribution in [0.4, 0.5) is 5.69 Å². The second-order valence-electron chi connectivity index (χ2n) is 3.62. The van der Waals surface area contributed by atoms with Crippen LogP contribution in [-0.4, -0.2) is 39.3 Å². The maximum Gasteiger partial charge on any atom is 0.204 e. The molecule has 0 aliphatic carbocycles. The van der Waals surface area contributed by atoms with Gasteiger partial charge in [-0.05, 0) is 6.26 Å². The van der Waals surface area contributed by atoms with Crippen LogP contribution in [0, 0.1) is 0 Å². The molecule has 98 valence electrons. The number of fused-ring (bicyclic) bond motifs is 1. The monoisotopic (exact) mass is 268 g/mol. The van der Waals surface area contributed by atoms with Crippen molar-refractivity contribution in [3.05, 3.63) is 11.6 Å². The maximum absolute atomic E-state index is 5.40. The fourth-order valence-corrected chi connectivity index (χ4v) is 2.29. The third-order valence-electron chi connectivity index (χ3n) is 2.71. The number of thioether (sulfide) groups is 1. The average Bonchev–Trinajstić information content (AvgIpc) is 2.44. The Morgan fingerprint density at radius 3 is 2.44 bits per heavy atom. The molecule has 0 saturated carbocycles. The van der Waals surface area contributed by atoms with Gasteiger partial charge in [0, 0.05) is 12.3 Å². The van der Waals surface area contributed by atoms with E-state index in [2.05, 4.69) is 10.3 Å². The maximum atomic E-state index is 5.40. The molecule has 0 spiro atoms. The molecule has 5 nitrogen and oxygen atoms in total. The van der Waals surface area contributed by atoms with Gasteiger partial charge in [0.15, 0.2) is 17.0 Å². The number of nitrogens with zero attached hydrogens (tertiary/aromatic N) is 1. The third kappa shape index (κ3) is 2.08. The molecule has 1 atom stereocenters. The smallest absolute Gasteiger partial charge is 0.204 e. The van der Waals surface area contributed by atoms with Crippen molar-refractivity contribution in [3.63, 3.8) is 0 Å². The van der Waals surface area contributed by atoms with Gasteiger partial charge >= 0.3 is 0 Å². The summed E-state index contributed by atoms with van der Waals surface area (Å²) in [4.78, 5) is 4.38. The minimum atomic E-state index is 0.0142. The van der Waals surface area contributed by atoms with Crippen LogP contribution in [0.2, 0.25) is 0 Å². The number of nitrogens with one attached hydrogen (secondary N) is 1. The molecule has 18 heavy (non-hydrogen) atoms. The van der Waals surface area contributed by atoms with Gasteiger partial charge in [0.05, 0.1) is 32.6 Å². The lowest BCUT2D eigenvalue weighted by atomic mass is 10.1. The molecule has 1 heterocycles. The van der Waals surface area contributed by atoms with Crippen molar-refractivity contribution < 1.29 is 14.2 Å². The second kappa shape index (κ2) is 5.39. The van der Waals surface area contributed by atoms with E-state index in [0.717, 1.165) is 11.3 Å². The van der Waals surface area contributed by atoms with Crippen LogP contribution in [0.5, 0.6) is 17.2 Å². The van der Waals surface area contributed by atoms with Crippen molar-refractivity contribution in [1.82, 2.24) is 0 Å². The van der Waals surface area contributed by atoms with Crippen LogP contribution in [0.15, 0.2) is 11.1 Å². The molecule has 1 aromatic rings. The summed E-state index contributed by atoms with van der Waals surface area (Å²) in [5.74, 6) is 1.84. The van der Waals surface area contributed by atoms with Crippen molar-refractivity contribution in [2.45, 2.75) is 5.50 Å². The van der Waals surface area contributed by atoms with E-state index in [0.29, 0.717) is 17.2 Å². The minimum Gasteiger partial charge on any atom is -0.493 e. The van der Waals surface area contributed by atoms with Crippen molar-refractivity contribution in [1.29, 1.82) is 0 Å². The molecule has 1 aliphatic heterocycles. The van der Waals surface area contributed by atoms with E-state index in [1.54, 1.807) is 39.3 Å². The number of aliphatic imine (C=N–C) groups is 1. The van der Waals surface area contributed by atoms with E-state index in [-0.39, 0.29) is 5.50 Å². The summed E-state index contributed by atoms with van der Waals surface area (Å²) >= 11 is 1.62. The molecule has 0 fully saturated rings. The number of methoxy groups -OCH3 is 3. The highest BCUT2D eigenvalue weighted by atomic mass is 32.2. The van der Waals surface area contributed by atoms with Gasteiger partial charge in [-0.25, -0.2) is 0 Å². The van der Waals surface area contributed by atoms with Gasteiger partial charge in [-0.2, -0.15) is 0 Å². The Hall–Kier alpha value is -1.56. The van der Waals surface area contributed by atoms with E-state index >= 15 is 0 Å². The standard InChI is InChI=1S/C12H16N2O3S/c1-15-9-5-8-7(6-13-12(14-8)18-4)10(16-2)11(9)17-3/h5-6,12,14H,1-4H3. The molecular weight excluding hydrogens is 252 g/mol. The Bertz CT molecular complexity index is 477. The van der Waals surface area contributed by atoms with Gasteiger partial charge in [0.25, 0.3) is 0 Å². The Labute approximate surface area is 111 Å². The molecule has 0 saturated heterocycles. The van der Waals surface area contributed by atoms with Crippen LogP contribution in [-0.2, 0) is 0 Å². The fraction of sp³-hybridized carbons (Fsp3) is 0.417. The highest BCUT2D eigenvalue weighted by molar-refractivity contribution is 7.99. The molecule has 1 aromatic carbocycles. The summed E-state index contributed by atoms with van der Waals surface area (Å²) in [5, 5.41) is 3.30. The van der Waals surface area contributed by atoms with Crippen LogP contribution < -0.4 is 19.5 Å². The van der Waals surface area contributed by atoms with Gasteiger partial charge in [0.1, 0.15) is 0 Å². The first-order chi connectivity index (χ1) is 8.74. The molecule has 1 unspecified atom stereocenters. The lowest BCUT2D eigenvalue weighted by Gasteiger charge is -2.23. The zero-order chi connectivity index (χ0) is 13.1. The van der Waals surface area contributed by atoms with E-state index in [1.165, 1.54) is 0 Å². The Morgan fingerprint density at radius 2 is 1.89 bits per heavy atom. The lowest BCUT2D eigenvalue weighted by molar-refractivity contribution is 0.324. The van der Waals surface area contributed by atoms with Gasteiger partial charge in [-0.3, -0.25) is 4.99 Å². The number of ether oxygens (including phenoxy) is 3. The molecular formula is C12H16N2O3S. The summed E-state index contributed by atoms with van der Waals surface area (Å²) in [6.45, 7) is 0. The lowest BCUT2D eigenvalue weighted by Crippen LogP contribution is -2.19. The highest BCUT2D eigenvalue weighted by Crippen LogP contribution is 2.44. The summed E-state index contributed by atoms with van der Waals surface area (Å²) in [6.07, 6.45) is 3.80. The van der Waals surface area contributed by atoms with Gasteiger partial charge in [-0.15, -0.1) is 11.8 Å². The second-order valence-corrected chi connectivity index (χ2v) is 4.54. The van der Waals surface area contributed by atoms with Gasteiger partial charge in [-0.1, -0.05) is 0 Å². The SMILES string of the molecule is COc1cc2c(c(OC)c1OC)C=NC(SC)N2. The van der Waals surface area contributed by atoms with E-state index in [1.807, 2.05) is 12.3 Å². The predicted molar refractivity (Wildman–Crippen MR) is 74.6 cm³/mol. The molecule has 1 N–H and O–H groups in total. The van der Waals surface area contributed by atoms with Gasteiger partial charge < -0.3 is 19.5 Å². The zero-order valence-corrected chi connectivity index (χ0v) is 11.6. The first-order valence-corrected chi connectivity index (χ1v) is 6.69. The number of benzene rings is 1.